The first-order valence-electron chi connectivity index (χ1n) is 4.10. The van der Waals surface area contributed by atoms with Crippen LogP contribution in [0.1, 0.15) is 0 Å². The number of aromatic nitrogens is 2. The topological polar surface area (TPSA) is 78.5 Å². The molecule has 5 nitrogen and oxygen atoms in total. The summed E-state index contributed by atoms with van der Waals surface area (Å²) in [5.74, 6) is -0.142. The Morgan fingerprint density at radius 2 is 2.07 bits per heavy atom. The highest BCUT2D eigenvalue weighted by Gasteiger charge is 2.17. The van der Waals surface area contributed by atoms with Crippen molar-refractivity contribution in [1.82, 2.24) is 9.78 Å². The first-order valence-corrected chi connectivity index (χ1v) is 4.10. The minimum atomic E-state index is -1.67. The summed E-state index contributed by atoms with van der Waals surface area (Å²) < 4.78 is 1.60. The molecule has 72 valence electrons. The highest BCUT2D eigenvalue weighted by Crippen LogP contribution is 2.17. The van der Waals surface area contributed by atoms with Crippen LogP contribution in [0, 0.1) is 0 Å². The first kappa shape index (κ1) is 9.05. The molecule has 0 saturated carbocycles. The molecule has 0 amide bonds. The molecule has 0 saturated heterocycles. The molecule has 14 heavy (non-hydrogen) atoms. The summed E-state index contributed by atoms with van der Waals surface area (Å²) in [6.45, 7) is 0. The molecule has 1 aromatic heterocycles. The number of aryl methyl sites for hydroxylation is 1. The van der Waals surface area contributed by atoms with Crippen LogP contribution in [0.3, 0.4) is 0 Å². The smallest absolute Gasteiger partial charge is 0.492 e. The largest absolute Gasteiger partial charge is 0.508 e. The third-order valence-electron chi connectivity index (χ3n) is 2.17. The van der Waals surface area contributed by atoms with Gasteiger partial charge in [0.25, 0.3) is 0 Å². The molecule has 1 heterocycles. The van der Waals surface area contributed by atoms with Crippen molar-refractivity contribution in [3.63, 3.8) is 0 Å². The van der Waals surface area contributed by atoms with Crippen molar-refractivity contribution in [3.8, 4) is 5.75 Å². The van der Waals surface area contributed by atoms with Crippen LogP contribution >= 0.6 is 0 Å². The highest BCUT2D eigenvalue weighted by atomic mass is 16.4. The van der Waals surface area contributed by atoms with Crippen molar-refractivity contribution in [1.29, 1.82) is 0 Å². The van der Waals surface area contributed by atoms with Crippen molar-refractivity contribution >= 4 is 23.5 Å². The fourth-order valence-electron chi connectivity index (χ4n) is 1.41. The molecule has 0 fully saturated rings. The van der Waals surface area contributed by atoms with Gasteiger partial charge in [0.05, 0.1) is 11.7 Å². The van der Waals surface area contributed by atoms with Gasteiger partial charge in [0.2, 0.25) is 0 Å². The average molecular weight is 192 g/mol. The number of phenolic OH excluding ortho intramolecular Hbond substituents is 1. The molecule has 2 aromatic rings. The highest BCUT2D eigenvalue weighted by molar-refractivity contribution is 6.60. The lowest BCUT2D eigenvalue weighted by Gasteiger charge is -2.03. The van der Waals surface area contributed by atoms with E-state index in [0.29, 0.717) is 0 Å². The Morgan fingerprint density at radius 1 is 1.36 bits per heavy atom. The zero-order valence-electron chi connectivity index (χ0n) is 7.55. The summed E-state index contributed by atoms with van der Waals surface area (Å²) in [6, 6.07) is 2.96. The Morgan fingerprint density at radius 3 is 2.71 bits per heavy atom. The Labute approximate surface area is 80.4 Å². The van der Waals surface area contributed by atoms with E-state index in [1.165, 1.54) is 12.1 Å². The van der Waals surface area contributed by atoms with Gasteiger partial charge in [-0.25, -0.2) is 0 Å². The van der Waals surface area contributed by atoms with Crippen LogP contribution in [0.2, 0.25) is 0 Å². The van der Waals surface area contributed by atoms with Gasteiger partial charge >= 0.3 is 7.12 Å². The van der Waals surface area contributed by atoms with Gasteiger partial charge < -0.3 is 15.2 Å². The molecule has 0 radical (unpaired) electrons. The lowest BCUT2D eigenvalue weighted by Crippen LogP contribution is -2.29. The zero-order valence-corrected chi connectivity index (χ0v) is 7.55. The number of rotatable bonds is 1. The Bertz CT molecular complexity index is 481. The van der Waals surface area contributed by atoms with E-state index in [0.717, 1.165) is 10.9 Å². The van der Waals surface area contributed by atoms with Crippen molar-refractivity contribution in [3.05, 3.63) is 18.3 Å². The molecule has 0 bridgehead atoms. The Kier molecular flexibility index (Phi) is 1.94. The molecule has 0 aliphatic rings. The van der Waals surface area contributed by atoms with E-state index in [2.05, 4.69) is 5.10 Å². The molecule has 0 aliphatic heterocycles. The second-order valence-electron chi connectivity index (χ2n) is 3.11. The Hall–Kier alpha value is -1.53. The maximum atomic E-state index is 9.46. The average Bonchev–Trinajstić information content (AvgIpc) is 2.46. The number of benzene rings is 1. The van der Waals surface area contributed by atoms with Crippen LogP contribution in [-0.4, -0.2) is 32.1 Å². The second kappa shape index (κ2) is 3.00. The maximum absolute atomic E-state index is 9.46. The van der Waals surface area contributed by atoms with E-state index in [9.17, 15) is 5.11 Å². The predicted octanol–water partition coefficient (Wildman–Crippen LogP) is -1.04. The number of hydrogen-bond acceptors (Lipinski definition) is 4. The van der Waals surface area contributed by atoms with Gasteiger partial charge in [-0.05, 0) is 6.07 Å². The van der Waals surface area contributed by atoms with Crippen LogP contribution in [-0.2, 0) is 7.05 Å². The van der Waals surface area contributed by atoms with Crippen molar-refractivity contribution < 1.29 is 15.2 Å². The molecular formula is C8H9BN2O3. The summed E-state index contributed by atoms with van der Waals surface area (Å²) in [4.78, 5) is 0. The van der Waals surface area contributed by atoms with Gasteiger partial charge in [0.1, 0.15) is 5.75 Å². The van der Waals surface area contributed by atoms with Crippen molar-refractivity contribution in [2.24, 2.45) is 7.05 Å². The number of nitrogens with zero attached hydrogens (tertiary/aromatic N) is 2. The van der Waals surface area contributed by atoms with E-state index in [4.69, 9.17) is 10.0 Å². The Balaban J connectivity index is 2.72. The monoisotopic (exact) mass is 192 g/mol. The lowest BCUT2D eigenvalue weighted by atomic mass is 9.79. The third-order valence-corrected chi connectivity index (χ3v) is 2.17. The van der Waals surface area contributed by atoms with Gasteiger partial charge in [0, 0.05) is 24.0 Å². The van der Waals surface area contributed by atoms with Crippen molar-refractivity contribution in [2.45, 2.75) is 0 Å². The SMILES string of the molecule is Cn1ncc2cc(B(O)O)c(O)cc21. The standard InChI is InChI=1S/C8H9BN2O3/c1-11-7-3-8(12)6(9(13)14)2-5(7)4-10-11/h2-4,12-14H,1H3. The molecule has 1 aromatic carbocycles. The number of aromatic hydroxyl groups is 1. The van der Waals surface area contributed by atoms with E-state index in [1.807, 2.05) is 0 Å². The van der Waals surface area contributed by atoms with Gasteiger partial charge in [-0.1, -0.05) is 0 Å². The quantitative estimate of drug-likeness (QED) is 0.504. The number of fused-ring (bicyclic) bond motifs is 1. The van der Waals surface area contributed by atoms with E-state index >= 15 is 0 Å². The van der Waals surface area contributed by atoms with Gasteiger partial charge in [-0.3, -0.25) is 4.68 Å². The molecule has 0 atom stereocenters. The summed E-state index contributed by atoms with van der Waals surface area (Å²) in [5, 5.41) is 32.1. The molecule has 3 N–H and O–H groups in total. The second-order valence-corrected chi connectivity index (χ2v) is 3.11. The molecule has 6 heteroatoms. The third kappa shape index (κ3) is 1.25. The fraction of sp³-hybridized carbons (Fsp3) is 0.125. The zero-order chi connectivity index (χ0) is 10.3. The summed E-state index contributed by atoms with van der Waals surface area (Å²) in [6.07, 6.45) is 1.60. The maximum Gasteiger partial charge on any atom is 0.492 e. The number of phenols is 1. The fourth-order valence-corrected chi connectivity index (χ4v) is 1.41. The molecule has 2 rings (SSSR count). The lowest BCUT2D eigenvalue weighted by molar-refractivity contribution is 0.419. The molecular weight excluding hydrogens is 183 g/mol. The van der Waals surface area contributed by atoms with Crippen LogP contribution in [0.5, 0.6) is 5.75 Å². The molecule has 0 aliphatic carbocycles. The first-order chi connectivity index (χ1) is 6.59. The predicted molar refractivity (Wildman–Crippen MR) is 52.2 cm³/mol. The van der Waals surface area contributed by atoms with Gasteiger partial charge in [0.15, 0.2) is 0 Å². The van der Waals surface area contributed by atoms with E-state index in [-0.39, 0.29) is 11.2 Å². The van der Waals surface area contributed by atoms with Gasteiger partial charge in [-0.2, -0.15) is 5.10 Å². The van der Waals surface area contributed by atoms with Crippen LogP contribution < -0.4 is 5.46 Å². The normalized spacial score (nSPS) is 10.8. The van der Waals surface area contributed by atoms with Gasteiger partial charge in [-0.15, -0.1) is 0 Å². The molecule has 0 unspecified atom stereocenters. The van der Waals surface area contributed by atoms with Crippen LogP contribution in [0.4, 0.5) is 0 Å². The van der Waals surface area contributed by atoms with Crippen LogP contribution in [0.15, 0.2) is 18.3 Å². The summed E-state index contributed by atoms with van der Waals surface area (Å²) in [7, 11) is 0.0798. The van der Waals surface area contributed by atoms with Crippen LogP contribution in [0.25, 0.3) is 10.9 Å². The minimum absolute atomic E-state index is 0.0884. The number of hydrogen-bond donors (Lipinski definition) is 3. The molecule has 0 spiro atoms. The minimum Gasteiger partial charge on any atom is -0.508 e. The summed E-state index contributed by atoms with van der Waals surface area (Å²) in [5.41, 5.74) is 0.831. The van der Waals surface area contributed by atoms with E-state index < -0.39 is 7.12 Å². The summed E-state index contributed by atoms with van der Waals surface area (Å²) >= 11 is 0. The van der Waals surface area contributed by atoms with Crippen molar-refractivity contribution in [2.75, 3.05) is 0 Å². The van der Waals surface area contributed by atoms with E-state index in [1.54, 1.807) is 17.9 Å².